The number of hydrogen-bond donors (Lipinski definition) is 0. The topological polar surface area (TPSA) is 17.8 Å². The van der Waals surface area contributed by atoms with Gasteiger partial charge in [-0.25, -0.2) is 4.98 Å². The fourth-order valence-corrected chi connectivity index (χ4v) is 8.67. The maximum absolute atomic E-state index is 5.28. The lowest BCUT2D eigenvalue weighted by Gasteiger charge is -2.20. The number of hydrogen-bond acceptors (Lipinski definition) is 1. The first-order valence-corrected chi connectivity index (χ1v) is 19.5. The summed E-state index contributed by atoms with van der Waals surface area (Å²) in [5, 5.41) is 7.43. The number of aromatic nitrogens is 2. The number of imidazole rings is 1. The van der Waals surface area contributed by atoms with Crippen LogP contribution in [0, 0.1) is 0 Å². The Bertz CT molecular complexity index is 3260. The maximum atomic E-state index is 5.28. The van der Waals surface area contributed by atoms with Crippen molar-refractivity contribution in [3.63, 3.8) is 0 Å². The predicted molar refractivity (Wildman–Crippen MR) is 241 cm³/mol. The average Bonchev–Trinajstić information content (AvgIpc) is 3.68. The second kappa shape index (κ2) is 13.6. The van der Waals surface area contributed by atoms with E-state index >= 15 is 0 Å². The van der Waals surface area contributed by atoms with Crippen molar-refractivity contribution in [2.24, 2.45) is 0 Å². The molecule has 1 heterocycles. The molecule has 11 aromatic rings. The van der Waals surface area contributed by atoms with Gasteiger partial charge in [0, 0.05) is 11.3 Å². The highest BCUT2D eigenvalue weighted by Gasteiger charge is 2.20. The summed E-state index contributed by atoms with van der Waals surface area (Å²) in [5.41, 5.74) is 13.8. The Hall–Kier alpha value is -7.55. The van der Waals surface area contributed by atoms with Gasteiger partial charge < -0.3 is 0 Å². The van der Waals surface area contributed by atoms with Gasteiger partial charge in [0.15, 0.2) is 0 Å². The molecule has 0 atom stereocenters. The van der Waals surface area contributed by atoms with Crippen molar-refractivity contribution in [1.82, 2.24) is 9.55 Å². The van der Waals surface area contributed by atoms with E-state index in [1.807, 2.05) is 0 Å². The Labute approximate surface area is 331 Å². The van der Waals surface area contributed by atoms with Crippen molar-refractivity contribution >= 4 is 43.4 Å². The summed E-state index contributed by atoms with van der Waals surface area (Å²) in [6.45, 7) is 0. The molecule has 0 fully saturated rings. The van der Waals surface area contributed by atoms with E-state index in [2.05, 4.69) is 223 Å². The zero-order valence-electron chi connectivity index (χ0n) is 31.2. The van der Waals surface area contributed by atoms with Crippen molar-refractivity contribution in [2.75, 3.05) is 0 Å². The Morgan fingerprint density at radius 3 is 1.35 bits per heavy atom. The van der Waals surface area contributed by atoms with Crippen LogP contribution in [0.5, 0.6) is 0 Å². The fraction of sp³-hybridized carbons (Fsp3) is 0. The predicted octanol–water partition coefficient (Wildman–Crippen LogP) is 14.8. The first-order chi connectivity index (χ1) is 28.3. The molecule has 0 aliphatic carbocycles. The van der Waals surface area contributed by atoms with Crippen LogP contribution in [-0.4, -0.2) is 9.55 Å². The molecule has 2 heteroatoms. The Kier molecular flexibility index (Phi) is 7.86. The summed E-state index contributed by atoms with van der Waals surface area (Å²) >= 11 is 0. The zero-order chi connectivity index (χ0) is 37.7. The van der Waals surface area contributed by atoms with Crippen LogP contribution in [0.4, 0.5) is 0 Å². The molecule has 0 saturated heterocycles. The van der Waals surface area contributed by atoms with E-state index in [0.29, 0.717) is 0 Å². The third kappa shape index (κ3) is 5.70. The number of fused-ring (bicyclic) bond motifs is 4. The van der Waals surface area contributed by atoms with Crippen LogP contribution in [0.15, 0.2) is 218 Å². The lowest BCUT2D eigenvalue weighted by atomic mass is 9.84. The van der Waals surface area contributed by atoms with E-state index < -0.39 is 0 Å². The van der Waals surface area contributed by atoms with E-state index in [-0.39, 0.29) is 0 Å². The molecule has 11 rings (SSSR count). The molecule has 0 aliphatic heterocycles. The molecule has 266 valence electrons. The smallest absolute Gasteiger partial charge is 0.145 e. The molecule has 0 aliphatic rings. The van der Waals surface area contributed by atoms with Crippen LogP contribution >= 0.6 is 0 Å². The Morgan fingerprint density at radius 2 is 0.754 bits per heavy atom. The molecule has 0 amide bonds. The molecule has 0 bridgehead atoms. The maximum Gasteiger partial charge on any atom is 0.145 e. The minimum Gasteiger partial charge on any atom is -0.292 e. The quantitative estimate of drug-likeness (QED) is 0.156. The minimum atomic E-state index is 0.931. The second-order valence-electron chi connectivity index (χ2n) is 14.7. The fourth-order valence-electron chi connectivity index (χ4n) is 8.67. The lowest BCUT2D eigenvalue weighted by Crippen LogP contribution is -1.97. The molecule has 1 aromatic heterocycles. The van der Waals surface area contributed by atoms with Crippen LogP contribution in [0.25, 0.3) is 105 Å². The van der Waals surface area contributed by atoms with Gasteiger partial charge in [-0.1, -0.05) is 176 Å². The monoisotopic (exact) mass is 724 g/mol. The van der Waals surface area contributed by atoms with Gasteiger partial charge in [-0.05, 0) is 119 Å². The molecule has 0 unspecified atom stereocenters. The third-order valence-corrected chi connectivity index (χ3v) is 11.4. The summed E-state index contributed by atoms with van der Waals surface area (Å²) < 4.78 is 2.27. The molecule has 0 spiro atoms. The average molecular weight is 725 g/mol. The van der Waals surface area contributed by atoms with Gasteiger partial charge in [0.05, 0.1) is 11.0 Å². The van der Waals surface area contributed by atoms with Crippen molar-refractivity contribution in [2.45, 2.75) is 0 Å². The van der Waals surface area contributed by atoms with Crippen molar-refractivity contribution in [3.05, 3.63) is 218 Å². The highest BCUT2D eigenvalue weighted by atomic mass is 15.1. The van der Waals surface area contributed by atoms with E-state index in [1.54, 1.807) is 0 Å². The first kappa shape index (κ1) is 32.8. The van der Waals surface area contributed by atoms with Gasteiger partial charge in [0.25, 0.3) is 0 Å². The minimum absolute atomic E-state index is 0.931. The second-order valence-corrected chi connectivity index (χ2v) is 14.7. The van der Waals surface area contributed by atoms with Crippen LogP contribution in [0.1, 0.15) is 0 Å². The lowest BCUT2D eigenvalue weighted by molar-refractivity contribution is 1.10. The SMILES string of the molecule is c1ccc(-c2c3ccc(-c4ccc5c(c4)nc(-c4ccccc4)n5-c4ccccc4)cc3c(-c3ccccc3)c3ccc(-c4ccc5ccccc5c4)cc23)cc1. The van der Waals surface area contributed by atoms with Crippen molar-refractivity contribution < 1.29 is 0 Å². The molecule has 0 saturated carbocycles. The van der Waals surface area contributed by atoms with E-state index in [4.69, 9.17) is 4.98 Å². The molecular formula is C55H36N2. The van der Waals surface area contributed by atoms with Crippen LogP contribution in [0.3, 0.4) is 0 Å². The Balaban J connectivity index is 1.15. The molecule has 57 heavy (non-hydrogen) atoms. The van der Waals surface area contributed by atoms with Gasteiger partial charge in [0.2, 0.25) is 0 Å². The van der Waals surface area contributed by atoms with Gasteiger partial charge in [-0.2, -0.15) is 0 Å². The number of rotatable bonds is 6. The normalized spacial score (nSPS) is 11.5. The van der Waals surface area contributed by atoms with Crippen LogP contribution in [0.2, 0.25) is 0 Å². The summed E-state index contributed by atoms with van der Waals surface area (Å²) in [5.74, 6) is 0.931. The zero-order valence-corrected chi connectivity index (χ0v) is 31.2. The third-order valence-electron chi connectivity index (χ3n) is 11.4. The summed E-state index contributed by atoms with van der Waals surface area (Å²) in [4.78, 5) is 5.28. The molecule has 0 radical (unpaired) electrons. The largest absolute Gasteiger partial charge is 0.292 e. The summed E-state index contributed by atoms with van der Waals surface area (Å²) in [6.07, 6.45) is 0. The van der Waals surface area contributed by atoms with Gasteiger partial charge in [-0.3, -0.25) is 4.57 Å². The molecular weight excluding hydrogens is 689 g/mol. The van der Waals surface area contributed by atoms with Gasteiger partial charge >= 0.3 is 0 Å². The van der Waals surface area contributed by atoms with Crippen molar-refractivity contribution in [3.8, 4) is 61.6 Å². The van der Waals surface area contributed by atoms with Crippen molar-refractivity contribution in [1.29, 1.82) is 0 Å². The number of benzene rings is 10. The summed E-state index contributed by atoms with van der Waals surface area (Å²) in [7, 11) is 0. The van der Waals surface area contributed by atoms with Crippen LogP contribution in [-0.2, 0) is 0 Å². The highest BCUT2D eigenvalue weighted by molar-refractivity contribution is 6.22. The molecule has 10 aromatic carbocycles. The first-order valence-electron chi connectivity index (χ1n) is 19.5. The number of para-hydroxylation sites is 1. The number of nitrogens with zero attached hydrogens (tertiary/aromatic N) is 2. The van der Waals surface area contributed by atoms with E-state index in [9.17, 15) is 0 Å². The molecule has 2 nitrogen and oxygen atoms in total. The highest BCUT2D eigenvalue weighted by Crippen LogP contribution is 2.46. The molecule has 0 N–H and O–H groups in total. The van der Waals surface area contributed by atoms with Gasteiger partial charge in [0.1, 0.15) is 5.82 Å². The summed E-state index contributed by atoms with van der Waals surface area (Å²) in [6, 6.07) is 78.9. The van der Waals surface area contributed by atoms with E-state index in [1.165, 1.54) is 65.7 Å². The Morgan fingerprint density at radius 1 is 0.298 bits per heavy atom. The van der Waals surface area contributed by atoms with E-state index in [0.717, 1.165) is 39.2 Å². The van der Waals surface area contributed by atoms with Crippen LogP contribution < -0.4 is 0 Å². The standard InChI is InChI=1S/C55H36N2/c1-5-16-38(17-6-1)53-48-31-28-44(45-29-32-52-51(36-45)56-55(40-20-9-3-10-21-40)57(52)46-23-11-4-12-24-46)35-50(48)54(39-18-7-2-8-19-39)47-30-27-43(34-49(47)53)42-26-25-37-15-13-14-22-41(37)33-42/h1-36H. The van der Waals surface area contributed by atoms with Gasteiger partial charge in [-0.15, -0.1) is 0 Å².